The summed E-state index contributed by atoms with van der Waals surface area (Å²) < 4.78 is 14.9. The van der Waals surface area contributed by atoms with Crippen LogP contribution in [0.1, 0.15) is 37.3 Å². The van der Waals surface area contributed by atoms with Crippen molar-refractivity contribution in [3.05, 3.63) is 81.1 Å². The third-order valence-corrected chi connectivity index (χ3v) is 7.16. The third-order valence-electron chi connectivity index (χ3n) is 7.16. The highest BCUT2D eigenvalue weighted by atomic mass is 16.5. The number of aromatic nitrogens is 4. The molecule has 6 rings (SSSR count). The van der Waals surface area contributed by atoms with Crippen molar-refractivity contribution in [1.29, 1.82) is 0 Å². The minimum absolute atomic E-state index is 0.105. The van der Waals surface area contributed by atoms with Crippen LogP contribution in [0, 0.1) is 6.92 Å². The van der Waals surface area contributed by atoms with E-state index in [-0.39, 0.29) is 11.7 Å². The summed E-state index contributed by atoms with van der Waals surface area (Å²) in [6, 6.07) is 7.53. The monoisotopic (exact) mass is 500 g/mol. The Bertz CT molecular complexity index is 1690. The summed E-state index contributed by atoms with van der Waals surface area (Å²) in [5.41, 5.74) is 4.65. The van der Waals surface area contributed by atoms with Gasteiger partial charge in [0.25, 0.3) is 0 Å². The lowest BCUT2D eigenvalue weighted by molar-refractivity contribution is 0.223. The number of likely N-dealkylation sites (tertiary alicyclic amines) is 1. The fourth-order valence-electron chi connectivity index (χ4n) is 5.38. The molecule has 1 aromatic carbocycles. The summed E-state index contributed by atoms with van der Waals surface area (Å²) in [6.45, 7) is 3.57. The number of nitrogens with one attached hydrogen (secondary N) is 1. The Labute approximate surface area is 212 Å². The van der Waals surface area contributed by atoms with Crippen LogP contribution in [-0.4, -0.2) is 43.0 Å². The van der Waals surface area contributed by atoms with Crippen LogP contribution in [0.25, 0.3) is 22.3 Å². The molecule has 10 nitrogen and oxygen atoms in total. The molecule has 1 N–H and O–H groups in total. The number of aliphatic imine (C=N–C) groups is 1. The van der Waals surface area contributed by atoms with Crippen molar-refractivity contribution in [3.63, 3.8) is 0 Å². The van der Waals surface area contributed by atoms with Gasteiger partial charge in [-0.25, -0.2) is 19.6 Å². The number of fused-ring (bicyclic) bond motifs is 2. The standard InChI is InChI=1S/C27H28N6O4/c1-17-14-20(16-22-24(17)31(2)27(35)37-22)36-23-15-19(6-3-4-10-28-23)32-12-8-18(9-13-32)33-21-7-5-11-29-25(21)30-26(33)34/h4-5,7,10-11,14-16,18H,3,6,8-9,12-13H2,1-2H3,(H,29,30,34). The van der Waals surface area contributed by atoms with E-state index in [2.05, 4.69) is 19.9 Å². The fourth-order valence-corrected chi connectivity index (χ4v) is 5.38. The number of hydrogen-bond donors (Lipinski definition) is 1. The SMILES string of the molecule is Cc1cc(OC2=NC=CCCC(N3CCC(n4c(=O)[nH]c5ncccc54)CC3)=C2)cc2oc(=O)n(C)c12. The Morgan fingerprint density at radius 2 is 2.03 bits per heavy atom. The predicted octanol–water partition coefficient (Wildman–Crippen LogP) is 3.78. The van der Waals surface area contributed by atoms with Gasteiger partial charge in [-0.1, -0.05) is 6.08 Å². The summed E-state index contributed by atoms with van der Waals surface area (Å²) in [4.78, 5) is 38.6. The number of imidazole rings is 1. The van der Waals surface area contributed by atoms with Crippen LogP contribution in [-0.2, 0) is 7.05 Å². The van der Waals surface area contributed by atoms with E-state index >= 15 is 0 Å². The van der Waals surface area contributed by atoms with E-state index in [0.29, 0.717) is 22.9 Å². The molecule has 0 spiro atoms. The van der Waals surface area contributed by atoms with E-state index < -0.39 is 5.76 Å². The van der Waals surface area contributed by atoms with E-state index in [1.165, 1.54) is 4.57 Å². The molecule has 1 fully saturated rings. The second-order valence-electron chi connectivity index (χ2n) is 9.53. The maximum Gasteiger partial charge on any atom is 0.419 e. The number of hydrogen-bond acceptors (Lipinski definition) is 7. The molecule has 5 heterocycles. The molecular formula is C27H28N6O4. The molecule has 0 unspecified atom stereocenters. The van der Waals surface area contributed by atoms with Crippen molar-refractivity contribution in [2.45, 2.75) is 38.6 Å². The van der Waals surface area contributed by atoms with Crippen LogP contribution < -0.4 is 16.2 Å². The maximum atomic E-state index is 12.6. The number of allylic oxidation sites excluding steroid dienone is 2. The number of aryl methyl sites for hydroxylation is 2. The van der Waals surface area contributed by atoms with Crippen LogP contribution in [0.2, 0.25) is 0 Å². The van der Waals surface area contributed by atoms with Gasteiger partial charge >= 0.3 is 11.4 Å². The summed E-state index contributed by atoms with van der Waals surface area (Å²) in [5, 5.41) is 0. The van der Waals surface area contributed by atoms with Gasteiger partial charge < -0.3 is 14.1 Å². The lowest BCUT2D eigenvalue weighted by Crippen LogP contribution is -2.37. The molecule has 0 saturated carbocycles. The number of benzene rings is 1. The van der Waals surface area contributed by atoms with Crippen molar-refractivity contribution in [1.82, 2.24) is 24.0 Å². The molecule has 4 aromatic rings. The van der Waals surface area contributed by atoms with Gasteiger partial charge in [0.05, 0.1) is 11.0 Å². The maximum absolute atomic E-state index is 12.6. The third kappa shape index (κ3) is 4.28. The number of H-pyrrole nitrogens is 1. The average Bonchev–Trinajstić information content (AvgIpc) is 3.35. The quantitative estimate of drug-likeness (QED) is 0.458. The van der Waals surface area contributed by atoms with Gasteiger partial charge in [-0.2, -0.15) is 0 Å². The first kappa shape index (κ1) is 23.1. The van der Waals surface area contributed by atoms with E-state index in [4.69, 9.17) is 9.15 Å². The van der Waals surface area contributed by atoms with Crippen molar-refractivity contribution in [3.8, 4) is 5.75 Å². The lowest BCUT2D eigenvalue weighted by Gasteiger charge is -2.35. The second-order valence-corrected chi connectivity index (χ2v) is 9.53. The number of rotatable bonds is 3. The number of oxazole rings is 1. The Morgan fingerprint density at radius 1 is 1.19 bits per heavy atom. The Hall–Kier alpha value is -4.34. The average molecular weight is 501 g/mol. The van der Waals surface area contributed by atoms with Crippen LogP contribution in [0.3, 0.4) is 0 Å². The lowest BCUT2D eigenvalue weighted by atomic mass is 10.0. The first-order valence-corrected chi connectivity index (χ1v) is 12.5. The summed E-state index contributed by atoms with van der Waals surface area (Å²) >= 11 is 0. The molecule has 0 amide bonds. The molecule has 2 aliphatic rings. The second kappa shape index (κ2) is 9.27. The molecule has 0 aliphatic carbocycles. The van der Waals surface area contributed by atoms with Crippen molar-refractivity contribution < 1.29 is 9.15 Å². The van der Waals surface area contributed by atoms with Gasteiger partial charge in [0.15, 0.2) is 11.2 Å². The fraction of sp³-hybridized carbons (Fsp3) is 0.333. The molecule has 37 heavy (non-hydrogen) atoms. The number of ether oxygens (including phenoxy) is 1. The Kier molecular flexibility index (Phi) is 5.78. The first-order valence-electron chi connectivity index (χ1n) is 12.5. The van der Waals surface area contributed by atoms with Crippen molar-refractivity contribution in [2.75, 3.05) is 13.1 Å². The van der Waals surface area contributed by atoms with Crippen LogP contribution in [0.5, 0.6) is 5.75 Å². The summed E-state index contributed by atoms with van der Waals surface area (Å²) in [7, 11) is 1.69. The van der Waals surface area contributed by atoms with Gasteiger partial charge in [0, 0.05) is 56.4 Å². The van der Waals surface area contributed by atoms with Gasteiger partial charge in [-0.15, -0.1) is 0 Å². The number of piperidine rings is 1. The van der Waals surface area contributed by atoms with Crippen molar-refractivity contribution >= 4 is 28.2 Å². The van der Waals surface area contributed by atoms with E-state index in [1.807, 2.05) is 41.8 Å². The highest BCUT2D eigenvalue weighted by molar-refractivity contribution is 5.91. The smallest absolute Gasteiger partial charge is 0.419 e. The summed E-state index contributed by atoms with van der Waals surface area (Å²) in [5.74, 6) is 0.635. The molecule has 190 valence electrons. The number of pyridine rings is 1. The van der Waals surface area contributed by atoms with Gasteiger partial charge in [-0.3, -0.25) is 14.1 Å². The highest BCUT2D eigenvalue weighted by Gasteiger charge is 2.25. The number of nitrogens with zero attached hydrogens (tertiary/aromatic N) is 5. The van der Waals surface area contributed by atoms with Crippen LogP contribution >= 0.6 is 0 Å². The zero-order chi connectivity index (χ0) is 25.5. The topological polar surface area (TPSA) is 111 Å². The van der Waals surface area contributed by atoms with Gasteiger partial charge in [0.2, 0.25) is 5.90 Å². The minimum atomic E-state index is -0.404. The first-order chi connectivity index (χ1) is 18.0. The Morgan fingerprint density at radius 3 is 2.86 bits per heavy atom. The normalized spacial score (nSPS) is 17.1. The van der Waals surface area contributed by atoms with Gasteiger partial charge in [-0.05, 0) is 56.4 Å². The molecule has 3 aromatic heterocycles. The Balaban J connectivity index is 1.22. The zero-order valence-electron chi connectivity index (χ0n) is 20.8. The predicted molar refractivity (Wildman–Crippen MR) is 141 cm³/mol. The van der Waals surface area contributed by atoms with Crippen molar-refractivity contribution in [2.24, 2.45) is 12.0 Å². The van der Waals surface area contributed by atoms with Gasteiger partial charge in [0.1, 0.15) is 5.75 Å². The molecule has 0 atom stereocenters. The molecule has 1 saturated heterocycles. The van der Waals surface area contributed by atoms with Crippen LogP contribution in [0.4, 0.5) is 0 Å². The highest BCUT2D eigenvalue weighted by Crippen LogP contribution is 2.29. The number of aromatic amines is 1. The molecule has 2 aliphatic heterocycles. The largest absolute Gasteiger partial charge is 0.439 e. The summed E-state index contributed by atoms with van der Waals surface area (Å²) in [6.07, 6.45) is 10.9. The zero-order valence-corrected chi connectivity index (χ0v) is 20.8. The van der Waals surface area contributed by atoms with E-state index in [0.717, 1.165) is 61.1 Å². The van der Waals surface area contributed by atoms with Crippen LogP contribution in [0.15, 0.2) is 73.5 Å². The minimum Gasteiger partial charge on any atom is -0.439 e. The molecule has 10 heteroatoms. The van der Waals surface area contributed by atoms with E-state index in [9.17, 15) is 9.59 Å². The van der Waals surface area contributed by atoms with E-state index in [1.54, 1.807) is 25.5 Å². The molecular weight excluding hydrogens is 472 g/mol. The molecule has 0 radical (unpaired) electrons. The molecule has 0 bridgehead atoms.